The van der Waals surface area contributed by atoms with Crippen LogP contribution < -0.4 is 16.1 Å². The summed E-state index contributed by atoms with van der Waals surface area (Å²) in [7, 11) is 0. The number of carbonyl (C=O) groups is 1. The molecule has 0 spiro atoms. The molecule has 0 radical (unpaired) electrons. The molecule has 0 saturated carbocycles. The SMILES string of the molecule is CCOC(=O)c1c2n(c3c4c(c(F)cc3c1=O)N1C[C@@H](N)C[C@H]1CCC4)CCS2. The van der Waals surface area contributed by atoms with Crippen molar-refractivity contribution < 1.29 is 13.9 Å². The van der Waals surface area contributed by atoms with Crippen molar-refractivity contribution in [3.8, 4) is 0 Å². The van der Waals surface area contributed by atoms with E-state index in [0.717, 1.165) is 36.1 Å². The summed E-state index contributed by atoms with van der Waals surface area (Å²) in [6, 6.07) is 1.61. The Hall–Kier alpha value is -2.06. The zero-order valence-electron chi connectivity index (χ0n) is 16.4. The van der Waals surface area contributed by atoms with E-state index in [0.29, 0.717) is 30.2 Å². The van der Waals surface area contributed by atoms with Gasteiger partial charge >= 0.3 is 5.97 Å². The first kappa shape index (κ1) is 18.9. The van der Waals surface area contributed by atoms with E-state index in [1.807, 2.05) is 4.57 Å². The van der Waals surface area contributed by atoms with Gasteiger partial charge in [0.1, 0.15) is 11.4 Å². The van der Waals surface area contributed by atoms with Gasteiger partial charge in [-0.15, -0.1) is 11.8 Å². The molecule has 6 nitrogen and oxygen atoms in total. The van der Waals surface area contributed by atoms with Crippen molar-refractivity contribution in [2.75, 3.05) is 23.8 Å². The van der Waals surface area contributed by atoms with Crippen molar-refractivity contribution in [1.29, 1.82) is 0 Å². The van der Waals surface area contributed by atoms with E-state index < -0.39 is 17.2 Å². The molecular formula is C21H24FN3O3S. The van der Waals surface area contributed by atoms with E-state index >= 15 is 4.39 Å². The highest BCUT2D eigenvalue weighted by Gasteiger charge is 2.37. The predicted octanol–water partition coefficient (Wildman–Crippen LogP) is 2.67. The lowest BCUT2D eigenvalue weighted by molar-refractivity contribution is 0.0519. The summed E-state index contributed by atoms with van der Waals surface area (Å²) in [5.74, 6) is -0.251. The van der Waals surface area contributed by atoms with Crippen LogP contribution in [0.3, 0.4) is 0 Å². The van der Waals surface area contributed by atoms with Gasteiger partial charge in [0.05, 0.1) is 22.8 Å². The minimum atomic E-state index is -0.626. The van der Waals surface area contributed by atoms with E-state index in [9.17, 15) is 9.59 Å². The maximum atomic E-state index is 15.4. The lowest BCUT2D eigenvalue weighted by Crippen LogP contribution is -2.31. The van der Waals surface area contributed by atoms with Gasteiger partial charge < -0.3 is 19.9 Å². The van der Waals surface area contributed by atoms with Crippen molar-refractivity contribution in [3.05, 3.63) is 33.2 Å². The van der Waals surface area contributed by atoms with E-state index in [1.165, 1.54) is 17.8 Å². The van der Waals surface area contributed by atoms with Gasteiger partial charge in [0.15, 0.2) is 0 Å². The molecule has 3 aliphatic rings. The van der Waals surface area contributed by atoms with Gasteiger partial charge in [0, 0.05) is 41.9 Å². The molecule has 0 unspecified atom stereocenters. The van der Waals surface area contributed by atoms with Crippen LogP contribution >= 0.6 is 11.8 Å². The van der Waals surface area contributed by atoms with Gasteiger partial charge in [-0.1, -0.05) is 0 Å². The van der Waals surface area contributed by atoms with Crippen molar-refractivity contribution in [1.82, 2.24) is 4.57 Å². The number of hydrogen-bond acceptors (Lipinski definition) is 6. The smallest absolute Gasteiger partial charge is 0.344 e. The van der Waals surface area contributed by atoms with Gasteiger partial charge in [-0.3, -0.25) is 4.79 Å². The number of halogens is 1. The Balaban J connectivity index is 1.83. The Morgan fingerprint density at radius 2 is 2.28 bits per heavy atom. The second kappa shape index (κ2) is 7.02. The van der Waals surface area contributed by atoms with Crippen molar-refractivity contribution >= 4 is 34.3 Å². The van der Waals surface area contributed by atoms with E-state index in [1.54, 1.807) is 6.92 Å². The van der Waals surface area contributed by atoms with Gasteiger partial charge in [0.2, 0.25) is 5.43 Å². The first-order valence-electron chi connectivity index (χ1n) is 10.2. The fourth-order valence-corrected chi connectivity index (χ4v) is 6.30. The van der Waals surface area contributed by atoms with E-state index in [4.69, 9.17) is 10.5 Å². The molecule has 2 atom stereocenters. The van der Waals surface area contributed by atoms with Crippen LogP contribution in [0.5, 0.6) is 0 Å². The maximum absolute atomic E-state index is 15.4. The zero-order chi connectivity index (χ0) is 20.3. The normalized spacial score (nSPS) is 22.9. The zero-order valence-corrected chi connectivity index (χ0v) is 17.2. The third-order valence-electron chi connectivity index (χ3n) is 6.26. The van der Waals surface area contributed by atoms with Crippen molar-refractivity contribution in [3.63, 3.8) is 0 Å². The number of benzene rings is 1. The Bertz CT molecular complexity index is 1080. The molecule has 1 aromatic carbocycles. The summed E-state index contributed by atoms with van der Waals surface area (Å²) in [4.78, 5) is 27.9. The monoisotopic (exact) mass is 417 g/mol. The number of rotatable bonds is 2. The van der Waals surface area contributed by atoms with Gasteiger partial charge in [0.25, 0.3) is 0 Å². The van der Waals surface area contributed by atoms with Crippen LogP contribution in [0.15, 0.2) is 15.9 Å². The molecule has 2 N–H and O–H groups in total. The van der Waals surface area contributed by atoms with E-state index in [2.05, 4.69) is 4.90 Å². The molecule has 5 rings (SSSR count). The molecule has 1 fully saturated rings. The minimum Gasteiger partial charge on any atom is -0.462 e. The number of anilines is 1. The van der Waals surface area contributed by atoms with Crippen LogP contribution in [-0.2, 0) is 17.7 Å². The third kappa shape index (κ3) is 2.79. The molecule has 8 heteroatoms. The number of aryl methyl sites for hydroxylation is 2. The number of nitrogens with zero attached hydrogens (tertiary/aromatic N) is 2. The Labute approximate surface area is 172 Å². The molecular weight excluding hydrogens is 393 g/mol. The number of pyridine rings is 1. The second-order valence-corrected chi connectivity index (χ2v) is 9.09. The number of aromatic nitrogens is 1. The number of carbonyl (C=O) groups excluding carboxylic acids is 1. The maximum Gasteiger partial charge on any atom is 0.344 e. The summed E-state index contributed by atoms with van der Waals surface area (Å²) in [6.07, 6.45) is 3.48. The standard InChI is InChI=1S/C21H24FN3O3S/c1-2-28-21(27)16-19(26)14-9-15(22)18-13(17(14)24-6-7-29-20(16)24)5-3-4-12-8-11(23)10-25(12)18/h9,11-12H,2-8,10,23H2,1H3/t11-,12+/m0/s1. The lowest BCUT2D eigenvalue weighted by atomic mass is 9.99. The molecule has 0 bridgehead atoms. The summed E-state index contributed by atoms with van der Waals surface area (Å²) in [5.41, 5.74) is 8.05. The highest BCUT2D eigenvalue weighted by atomic mass is 32.2. The molecule has 154 valence electrons. The van der Waals surface area contributed by atoms with Crippen LogP contribution in [0, 0.1) is 5.82 Å². The Kier molecular flexibility index (Phi) is 4.58. The fraction of sp³-hybridized carbons (Fsp3) is 0.524. The molecule has 4 heterocycles. The molecule has 1 aromatic heterocycles. The predicted molar refractivity (Wildman–Crippen MR) is 112 cm³/mol. The number of fused-ring (bicyclic) bond motifs is 7. The van der Waals surface area contributed by atoms with Crippen LogP contribution in [0.4, 0.5) is 10.1 Å². The third-order valence-corrected chi connectivity index (χ3v) is 7.34. The fourth-order valence-electron chi connectivity index (χ4n) is 5.17. The number of ether oxygens (including phenoxy) is 1. The Morgan fingerprint density at radius 3 is 3.07 bits per heavy atom. The van der Waals surface area contributed by atoms with E-state index in [-0.39, 0.29) is 29.6 Å². The lowest BCUT2D eigenvalue weighted by Gasteiger charge is -2.27. The Morgan fingerprint density at radius 1 is 1.45 bits per heavy atom. The topological polar surface area (TPSA) is 77.6 Å². The summed E-state index contributed by atoms with van der Waals surface area (Å²) >= 11 is 1.49. The molecule has 1 saturated heterocycles. The van der Waals surface area contributed by atoms with Crippen molar-refractivity contribution in [2.24, 2.45) is 5.73 Å². The molecule has 29 heavy (non-hydrogen) atoms. The van der Waals surface area contributed by atoms with Gasteiger partial charge in [-0.25, -0.2) is 9.18 Å². The quantitative estimate of drug-likeness (QED) is 0.757. The number of hydrogen-bond donors (Lipinski definition) is 1. The highest BCUT2D eigenvalue weighted by Crippen LogP contribution is 2.42. The number of thioether (sulfide) groups is 1. The average molecular weight is 418 g/mol. The van der Waals surface area contributed by atoms with Crippen LogP contribution in [-0.4, -0.2) is 41.5 Å². The summed E-state index contributed by atoms with van der Waals surface area (Å²) in [5, 5.41) is 0.922. The molecule has 0 amide bonds. The first-order valence-corrected chi connectivity index (χ1v) is 11.2. The first-order chi connectivity index (χ1) is 14.0. The van der Waals surface area contributed by atoms with Gasteiger partial charge in [-0.05, 0) is 38.7 Å². The van der Waals surface area contributed by atoms with Crippen LogP contribution in [0.1, 0.15) is 42.1 Å². The number of esters is 1. The minimum absolute atomic E-state index is 0.0379. The highest BCUT2D eigenvalue weighted by molar-refractivity contribution is 7.99. The largest absolute Gasteiger partial charge is 0.462 e. The summed E-state index contributed by atoms with van der Waals surface area (Å²) in [6.45, 7) is 3.22. The molecule has 0 aliphatic carbocycles. The molecule has 2 aromatic rings. The summed E-state index contributed by atoms with van der Waals surface area (Å²) < 4.78 is 22.6. The van der Waals surface area contributed by atoms with Crippen molar-refractivity contribution in [2.45, 2.75) is 56.3 Å². The number of nitrogens with two attached hydrogens (primary N) is 1. The molecule has 3 aliphatic heterocycles. The van der Waals surface area contributed by atoms with Crippen LogP contribution in [0.25, 0.3) is 10.9 Å². The van der Waals surface area contributed by atoms with Crippen LogP contribution in [0.2, 0.25) is 0 Å². The van der Waals surface area contributed by atoms with Gasteiger partial charge in [-0.2, -0.15) is 0 Å². The average Bonchev–Trinajstić information content (AvgIpc) is 3.24. The second-order valence-electron chi connectivity index (χ2n) is 8.01.